The van der Waals surface area contributed by atoms with E-state index in [1.54, 1.807) is 11.7 Å². The van der Waals surface area contributed by atoms with Gasteiger partial charge in [0, 0.05) is 20.1 Å². The van der Waals surface area contributed by atoms with E-state index < -0.39 is 0 Å². The molecule has 5 nitrogen and oxygen atoms in total. The molecule has 1 atom stereocenters. The highest BCUT2D eigenvalue weighted by Gasteiger charge is 2.26. The Kier molecular flexibility index (Phi) is 4.68. The fraction of sp³-hybridized carbons (Fsp3) is 0.733. The zero-order valence-electron chi connectivity index (χ0n) is 12.9. The Morgan fingerprint density at radius 2 is 2.10 bits per heavy atom. The fourth-order valence-electron chi connectivity index (χ4n) is 3.04. The van der Waals surface area contributed by atoms with E-state index in [0.717, 1.165) is 44.0 Å². The summed E-state index contributed by atoms with van der Waals surface area (Å²) in [5, 5.41) is 4.34. The molecule has 1 fully saturated rings. The van der Waals surface area contributed by atoms with E-state index in [2.05, 4.69) is 12.0 Å². The van der Waals surface area contributed by atoms with E-state index in [0.29, 0.717) is 11.4 Å². The first-order valence-electron chi connectivity index (χ1n) is 7.69. The summed E-state index contributed by atoms with van der Waals surface area (Å²) in [7, 11) is 1.80. The van der Waals surface area contributed by atoms with Crippen LogP contribution in [-0.2, 0) is 13.5 Å². The Hall–Kier alpha value is -1.52. The summed E-state index contributed by atoms with van der Waals surface area (Å²) >= 11 is 0. The number of nitrogens with zero attached hydrogens (tertiary/aromatic N) is 3. The topological polar surface area (TPSA) is 64.2 Å². The number of hydrogen-bond donors (Lipinski definition) is 1. The van der Waals surface area contributed by atoms with Crippen molar-refractivity contribution >= 4 is 11.6 Å². The van der Waals surface area contributed by atoms with Crippen LogP contribution in [-0.4, -0.2) is 33.7 Å². The van der Waals surface area contributed by atoms with Gasteiger partial charge in [-0.05, 0) is 31.6 Å². The molecule has 1 saturated heterocycles. The van der Waals surface area contributed by atoms with Crippen molar-refractivity contribution in [3.8, 4) is 0 Å². The number of aryl methyl sites for hydroxylation is 2. The molecule has 0 aromatic carbocycles. The van der Waals surface area contributed by atoms with Gasteiger partial charge in [-0.25, -0.2) is 0 Å². The summed E-state index contributed by atoms with van der Waals surface area (Å²) in [5.41, 5.74) is 8.01. The quantitative estimate of drug-likeness (QED) is 0.922. The smallest absolute Gasteiger partial charge is 0.274 e. The molecule has 5 heteroatoms. The van der Waals surface area contributed by atoms with Crippen molar-refractivity contribution in [1.82, 2.24) is 14.7 Å². The lowest BCUT2D eigenvalue weighted by Gasteiger charge is -2.20. The highest BCUT2D eigenvalue weighted by atomic mass is 16.2. The van der Waals surface area contributed by atoms with Gasteiger partial charge < -0.3 is 10.6 Å². The molecule has 2 rings (SSSR count). The van der Waals surface area contributed by atoms with Gasteiger partial charge in [-0.3, -0.25) is 9.48 Å². The van der Waals surface area contributed by atoms with Crippen LogP contribution in [0.5, 0.6) is 0 Å². The van der Waals surface area contributed by atoms with E-state index in [1.165, 1.54) is 12.8 Å². The third-order valence-electron chi connectivity index (χ3n) is 4.41. The predicted molar refractivity (Wildman–Crippen MR) is 80.5 cm³/mol. The minimum Gasteiger partial charge on any atom is -0.395 e. The Labute approximate surface area is 121 Å². The van der Waals surface area contributed by atoms with E-state index in [9.17, 15) is 4.79 Å². The van der Waals surface area contributed by atoms with Gasteiger partial charge in [-0.1, -0.05) is 20.3 Å². The molecule has 0 spiro atoms. The first kappa shape index (κ1) is 14.9. The van der Waals surface area contributed by atoms with Crippen LogP contribution in [0.15, 0.2) is 0 Å². The third-order valence-corrected chi connectivity index (χ3v) is 4.41. The highest BCUT2D eigenvalue weighted by molar-refractivity contribution is 5.98. The van der Waals surface area contributed by atoms with Gasteiger partial charge in [-0.15, -0.1) is 0 Å². The molecule has 112 valence electrons. The number of likely N-dealkylation sites (tertiary alicyclic amines) is 1. The molecule has 1 amide bonds. The lowest BCUT2D eigenvalue weighted by molar-refractivity contribution is 0.0750. The number of carbonyl (C=O) groups excluding carboxylic acids is 1. The van der Waals surface area contributed by atoms with Gasteiger partial charge in [0.05, 0.1) is 11.4 Å². The van der Waals surface area contributed by atoms with Gasteiger partial charge >= 0.3 is 0 Å². The molecule has 0 bridgehead atoms. The SMILES string of the molecule is CCc1nn(C)c(C(=O)N2CCCC(CC)CC2)c1N. The molecule has 2 N–H and O–H groups in total. The lowest BCUT2D eigenvalue weighted by Crippen LogP contribution is -2.33. The van der Waals surface area contributed by atoms with E-state index >= 15 is 0 Å². The first-order valence-corrected chi connectivity index (χ1v) is 7.69. The predicted octanol–water partition coefficient (Wildman–Crippen LogP) is 2.22. The molecule has 0 saturated carbocycles. The Morgan fingerprint density at radius 1 is 1.35 bits per heavy atom. The highest BCUT2D eigenvalue weighted by Crippen LogP contribution is 2.24. The van der Waals surface area contributed by atoms with Crippen LogP contribution < -0.4 is 5.73 Å². The number of nitrogen functional groups attached to an aromatic ring is 1. The minimum absolute atomic E-state index is 0.0361. The van der Waals surface area contributed by atoms with Gasteiger partial charge in [0.15, 0.2) is 0 Å². The molecule has 1 aromatic rings. The third kappa shape index (κ3) is 2.81. The summed E-state index contributed by atoms with van der Waals surface area (Å²) in [5.74, 6) is 0.789. The van der Waals surface area contributed by atoms with Crippen LogP contribution in [0.25, 0.3) is 0 Å². The maximum absolute atomic E-state index is 12.7. The van der Waals surface area contributed by atoms with Crippen molar-refractivity contribution < 1.29 is 4.79 Å². The summed E-state index contributed by atoms with van der Waals surface area (Å²) in [6.07, 6.45) is 5.37. The van der Waals surface area contributed by atoms with Crippen molar-refractivity contribution in [3.63, 3.8) is 0 Å². The second-order valence-electron chi connectivity index (χ2n) is 5.68. The normalized spacial score (nSPS) is 19.9. The Balaban J connectivity index is 2.17. The number of rotatable bonds is 3. The number of hydrogen-bond acceptors (Lipinski definition) is 3. The van der Waals surface area contributed by atoms with Crippen molar-refractivity contribution in [2.75, 3.05) is 18.8 Å². The molecular weight excluding hydrogens is 252 g/mol. The summed E-state index contributed by atoms with van der Waals surface area (Å²) in [6.45, 7) is 5.91. The van der Waals surface area contributed by atoms with Gasteiger partial charge in [0.2, 0.25) is 0 Å². The lowest BCUT2D eigenvalue weighted by atomic mass is 9.98. The monoisotopic (exact) mass is 278 g/mol. The molecular formula is C15H26N4O. The van der Waals surface area contributed by atoms with Gasteiger partial charge in [0.1, 0.15) is 5.69 Å². The summed E-state index contributed by atoms with van der Waals surface area (Å²) in [6, 6.07) is 0. The number of amides is 1. The largest absolute Gasteiger partial charge is 0.395 e. The molecule has 0 radical (unpaired) electrons. The van der Waals surface area contributed by atoms with Crippen molar-refractivity contribution in [3.05, 3.63) is 11.4 Å². The van der Waals surface area contributed by atoms with E-state index in [1.807, 2.05) is 11.8 Å². The first-order chi connectivity index (χ1) is 9.58. The molecule has 20 heavy (non-hydrogen) atoms. The van der Waals surface area contributed by atoms with Gasteiger partial charge in [0.25, 0.3) is 5.91 Å². The summed E-state index contributed by atoms with van der Waals surface area (Å²) in [4.78, 5) is 14.7. The van der Waals surface area contributed by atoms with Crippen LogP contribution in [0, 0.1) is 5.92 Å². The minimum atomic E-state index is 0.0361. The average molecular weight is 278 g/mol. The van der Waals surface area contributed by atoms with Crippen LogP contribution in [0.1, 0.15) is 55.7 Å². The molecule has 1 aliphatic heterocycles. The average Bonchev–Trinajstić information content (AvgIpc) is 2.63. The van der Waals surface area contributed by atoms with E-state index in [-0.39, 0.29) is 5.91 Å². The van der Waals surface area contributed by atoms with Crippen molar-refractivity contribution in [2.45, 2.75) is 46.0 Å². The van der Waals surface area contributed by atoms with Crippen LogP contribution >= 0.6 is 0 Å². The maximum atomic E-state index is 12.7. The molecule has 2 heterocycles. The fourth-order valence-corrected chi connectivity index (χ4v) is 3.04. The molecule has 1 aromatic heterocycles. The second kappa shape index (κ2) is 6.29. The Morgan fingerprint density at radius 3 is 2.70 bits per heavy atom. The van der Waals surface area contributed by atoms with Crippen LogP contribution in [0.2, 0.25) is 0 Å². The molecule has 1 aliphatic rings. The Bertz CT molecular complexity index is 480. The molecule has 1 unspecified atom stereocenters. The van der Waals surface area contributed by atoms with Crippen molar-refractivity contribution in [2.24, 2.45) is 13.0 Å². The number of nitrogens with two attached hydrogens (primary N) is 1. The number of carbonyl (C=O) groups is 1. The zero-order chi connectivity index (χ0) is 14.7. The van der Waals surface area contributed by atoms with Crippen LogP contribution in [0.3, 0.4) is 0 Å². The number of anilines is 1. The van der Waals surface area contributed by atoms with Crippen molar-refractivity contribution in [1.29, 1.82) is 0 Å². The standard InChI is InChI=1S/C15H26N4O/c1-4-11-7-6-9-19(10-8-11)15(20)14-13(16)12(5-2)17-18(14)3/h11H,4-10,16H2,1-3H3. The summed E-state index contributed by atoms with van der Waals surface area (Å²) < 4.78 is 1.64. The maximum Gasteiger partial charge on any atom is 0.274 e. The zero-order valence-corrected chi connectivity index (χ0v) is 12.9. The van der Waals surface area contributed by atoms with Crippen LogP contribution in [0.4, 0.5) is 5.69 Å². The van der Waals surface area contributed by atoms with Gasteiger partial charge in [-0.2, -0.15) is 5.10 Å². The molecule has 0 aliphatic carbocycles. The number of aromatic nitrogens is 2. The van der Waals surface area contributed by atoms with E-state index in [4.69, 9.17) is 5.73 Å². The second-order valence-corrected chi connectivity index (χ2v) is 5.68.